The summed E-state index contributed by atoms with van der Waals surface area (Å²) in [5.41, 5.74) is 2.74. The van der Waals surface area contributed by atoms with Gasteiger partial charge in [-0.15, -0.1) is 0 Å². The number of benzene rings is 1. The van der Waals surface area contributed by atoms with Gasteiger partial charge in [-0.1, -0.05) is 0 Å². The SMILES string of the molecule is CNc1ccc(C(=O)NCCCCOC(C)C)c(C)c1. The molecule has 0 saturated heterocycles. The Hall–Kier alpha value is -1.55. The molecular weight excluding hydrogens is 252 g/mol. The van der Waals surface area contributed by atoms with Crippen molar-refractivity contribution in [3.63, 3.8) is 0 Å². The first-order chi connectivity index (χ1) is 9.54. The summed E-state index contributed by atoms with van der Waals surface area (Å²) < 4.78 is 5.46. The molecule has 0 heterocycles. The minimum absolute atomic E-state index is 0.00469. The van der Waals surface area contributed by atoms with Crippen molar-refractivity contribution in [2.45, 2.75) is 39.7 Å². The van der Waals surface area contributed by atoms with Gasteiger partial charge in [0, 0.05) is 31.5 Å². The maximum atomic E-state index is 12.0. The van der Waals surface area contributed by atoms with Gasteiger partial charge < -0.3 is 15.4 Å². The van der Waals surface area contributed by atoms with Gasteiger partial charge in [-0.3, -0.25) is 4.79 Å². The Bertz CT molecular complexity index is 430. The molecule has 1 rings (SSSR count). The second kappa shape index (κ2) is 8.59. The summed E-state index contributed by atoms with van der Waals surface area (Å²) >= 11 is 0. The van der Waals surface area contributed by atoms with Crippen molar-refractivity contribution in [2.75, 3.05) is 25.5 Å². The molecule has 0 aromatic heterocycles. The van der Waals surface area contributed by atoms with E-state index in [1.807, 2.05) is 46.0 Å². The highest BCUT2D eigenvalue weighted by Gasteiger charge is 2.08. The first kappa shape index (κ1) is 16.5. The van der Waals surface area contributed by atoms with Gasteiger partial charge in [0.05, 0.1) is 6.10 Å². The summed E-state index contributed by atoms with van der Waals surface area (Å²) in [4.78, 5) is 12.0. The highest BCUT2D eigenvalue weighted by atomic mass is 16.5. The van der Waals surface area contributed by atoms with Gasteiger partial charge in [0.2, 0.25) is 0 Å². The zero-order chi connectivity index (χ0) is 15.0. The molecule has 1 aromatic rings. The van der Waals surface area contributed by atoms with Gasteiger partial charge in [-0.05, 0) is 57.4 Å². The van der Waals surface area contributed by atoms with Crippen molar-refractivity contribution in [3.05, 3.63) is 29.3 Å². The molecule has 20 heavy (non-hydrogen) atoms. The van der Waals surface area contributed by atoms with Crippen LogP contribution in [0.3, 0.4) is 0 Å². The predicted molar refractivity (Wildman–Crippen MR) is 83.4 cm³/mol. The first-order valence-electron chi connectivity index (χ1n) is 7.22. The molecule has 1 amide bonds. The standard InChI is InChI=1S/C16H26N2O2/c1-12(2)20-10-6-5-9-18-16(19)15-8-7-14(17-4)11-13(15)3/h7-8,11-12,17H,5-6,9-10H2,1-4H3,(H,18,19). The Morgan fingerprint density at radius 3 is 2.65 bits per heavy atom. The van der Waals surface area contributed by atoms with Crippen LogP contribution < -0.4 is 10.6 Å². The number of hydrogen-bond donors (Lipinski definition) is 2. The lowest BCUT2D eigenvalue weighted by Gasteiger charge is -2.10. The largest absolute Gasteiger partial charge is 0.388 e. The van der Waals surface area contributed by atoms with Crippen molar-refractivity contribution in [1.82, 2.24) is 5.32 Å². The van der Waals surface area contributed by atoms with E-state index in [1.54, 1.807) is 0 Å². The van der Waals surface area contributed by atoms with Crippen LogP contribution in [0.5, 0.6) is 0 Å². The molecule has 0 fully saturated rings. The van der Waals surface area contributed by atoms with E-state index in [9.17, 15) is 4.79 Å². The van der Waals surface area contributed by atoms with Crippen molar-refractivity contribution in [3.8, 4) is 0 Å². The third kappa shape index (κ3) is 5.61. The summed E-state index contributed by atoms with van der Waals surface area (Å²) in [6.07, 6.45) is 2.18. The molecule has 2 N–H and O–H groups in total. The zero-order valence-corrected chi connectivity index (χ0v) is 13.0. The summed E-state index contributed by atoms with van der Waals surface area (Å²) in [6.45, 7) is 7.45. The number of anilines is 1. The second-order valence-electron chi connectivity index (χ2n) is 5.16. The van der Waals surface area contributed by atoms with E-state index >= 15 is 0 Å². The van der Waals surface area contributed by atoms with Crippen molar-refractivity contribution >= 4 is 11.6 Å². The van der Waals surface area contributed by atoms with Crippen LogP contribution in [0.1, 0.15) is 42.6 Å². The minimum atomic E-state index is -0.00469. The molecule has 4 nitrogen and oxygen atoms in total. The average molecular weight is 278 g/mol. The molecule has 0 atom stereocenters. The lowest BCUT2D eigenvalue weighted by molar-refractivity contribution is 0.0754. The van der Waals surface area contributed by atoms with E-state index in [1.165, 1.54) is 0 Å². The first-order valence-corrected chi connectivity index (χ1v) is 7.22. The summed E-state index contributed by atoms with van der Waals surface area (Å²) in [5, 5.41) is 6.01. The van der Waals surface area contributed by atoms with Gasteiger partial charge in [0.25, 0.3) is 5.91 Å². The molecule has 1 aromatic carbocycles. The highest BCUT2D eigenvalue weighted by Crippen LogP contribution is 2.14. The predicted octanol–water partition coefficient (Wildman–Crippen LogP) is 2.97. The quantitative estimate of drug-likeness (QED) is 0.719. The van der Waals surface area contributed by atoms with Gasteiger partial charge in [-0.25, -0.2) is 0 Å². The molecule has 0 bridgehead atoms. The third-order valence-corrected chi connectivity index (χ3v) is 3.07. The van der Waals surface area contributed by atoms with Gasteiger partial charge in [0.1, 0.15) is 0 Å². The molecular formula is C16H26N2O2. The van der Waals surface area contributed by atoms with E-state index < -0.39 is 0 Å². The van der Waals surface area contributed by atoms with Crippen LogP contribution in [-0.2, 0) is 4.74 Å². The average Bonchev–Trinajstić information content (AvgIpc) is 2.41. The third-order valence-electron chi connectivity index (χ3n) is 3.07. The summed E-state index contributed by atoms with van der Waals surface area (Å²) in [6, 6.07) is 5.75. The molecule has 0 spiro atoms. The van der Waals surface area contributed by atoms with E-state index in [4.69, 9.17) is 4.74 Å². The molecule has 0 unspecified atom stereocenters. The van der Waals surface area contributed by atoms with Crippen LogP contribution >= 0.6 is 0 Å². The number of nitrogens with one attached hydrogen (secondary N) is 2. The van der Waals surface area contributed by atoms with Crippen molar-refractivity contribution in [2.24, 2.45) is 0 Å². The Balaban J connectivity index is 2.32. The highest BCUT2D eigenvalue weighted by molar-refractivity contribution is 5.96. The van der Waals surface area contributed by atoms with E-state index in [0.717, 1.165) is 36.3 Å². The fourth-order valence-electron chi connectivity index (χ4n) is 1.92. The fourth-order valence-corrected chi connectivity index (χ4v) is 1.92. The Labute approximate surface area is 121 Å². The molecule has 4 heteroatoms. The van der Waals surface area contributed by atoms with Crippen LogP contribution in [0.4, 0.5) is 5.69 Å². The lowest BCUT2D eigenvalue weighted by Crippen LogP contribution is -2.25. The number of hydrogen-bond acceptors (Lipinski definition) is 3. The van der Waals surface area contributed by atoms with Crippen LogP contribution in [0.2, 0.25) is 0 Å². The van der Waals surface area contributed by atoms with Gasteiger partial charge in [-0.2, -0.15) is 0 Å². The number of carbonyl (C=O) groups excluding carboxylic acids is 1. The number of rotatable bonds is 8. The molecule has 0 saturated carbocycles. The van der Waals surface area contributed by atoms with Crippen molar-refractivity contribution < 1.29 is 9.53 Å². The van der Waals surface area contributed by atoms with E-state index in [2.05, 4.69) is 10.6 Å². The lowest BCUT2D eigenvalue weighted by atomic mass is 10.1. The number of carbonyl (C=O) groups is 1. The monoisotopic (exact) mass is 278 g/mol. The summed E-state index contributed by atoms with van der Waals surface area (Å²) in [7, 11) is 1.87. The molecule has 112 valence electrons. The van der Waals surface area contributed by atoms with Crippen LogP contribution in [0.15, 0.2) is 18.2 Å². The number of amides is 1. The fraction of sp³-hybridized carbons (Fsp3) is 0.562. The molecule has 0 radical (unpaired) electrons. The smallest absolute Gasteiger partial charge is 0.251 e. The number of unbranched alkanes of at least 4 members (excludes halogenated alkanes) is 1. The van der Waals surface area contributed by atoms with Crippen LogP contribution in [0, 0.1) is 6.92 Å². The summed E-state index contributed by atoms with van der Waals surface area (Å²) in [5.74, 6) is -0.00469. The number of ether oxygens (including phenoxy) is 1. The van der Waals surface area contributed by atoms with Crippen LogP contribution in [0.25, 0.3) is 0 Å². The zero-order valence-electron chi connectivity index (χ0n) is 13.0. The Kier molecular flexibility index (Phi) is 7.09. The maximum absolute atomic E-state index is 12.0. The van der Waals surface area contributed by atoms with Gasteiger partial charge >= 0.3 is 0 Å². The Morgan fingerprint density at radius 2 is 2.05 bits per heavy atom. The molecule has 0 aliphatic carbocycles. The molecule has 0 aliphatic rings. The second-order valence-corrected chi connectivity index (χ2v) is 5.16. The van der Waals surface area contributed by atoms with E-state index in [-0.39, 0.29) is 12.0 Å². The topological polar surface area (TPSA) is 50.4 Å². The van der Waals surface area contributed by atoms with Gasteiger partial charge in [0.15, 0.2) is 0 Å². The number of aryl methyl sites for hydroxylation is 1. The maximum Gasteiger partial charge on any atom is 0.251 e. The van der Waals surface area contributed by atoms with E-state index in [0.29, 0.717) is 6.54 Å². The van der Waals surface area contributed by atoms with Crippen LogP contribution in [-0.4, -0.2) is 32.2 Å². The molecule has 0 aliphatic heterocycles. The minimum Gasteiger partial charge on any atom is -0.388 e. The van der Waals surface area contributed by atoms with Crippen molar-refractivity contribution in [1.29, 1.82) is 0 Å². The normalized spacial score (nSPS) is 10.7. The Morgan fingerprint density at radius 1 is 1.30 bits per heavy atom.